The third kappa shape index (κ3) is 2.81. The second kappa shape index (κ2) is 4.25. The van der Waals surface area contributed by atoms with Crippen LogP contribution in [0.15, 0.2) is 12.1 Å². The van der Waals surface area contributed by atoms with E-state index in [0.29, 0.717) is 0 Å². The Morgan fingerprint density at radius 1 is 1.33 bits per heavy atom. The Kier molecular flexibility index (Phi) is 3.60. The Balaban J connectivity index is 3.33. The van der Waals surface area contributed by atoms with Gasteiger partial charge in [0, 0.05) is 5.02 Å². The van der Waals surface area contributed by atoms with Crippen LogP contribution in [0.4, 0.5) is 4.39 Å². The van der Waals surface area contributed by atoms with E-state index in [0.717, 1.165) is 12.1 Å². The smallest absolute Gasteiger partial charge is 0.215 e. The summed E-state index contributed by atoms with van der Waals surface area (Å²) in [6.07, 6.45) is 0. The maximum atomic E-state index is 13.1. The first-order valence-electron chi connectivity index (χ1n) is 3.89. The van der Waals surface area contributed by atoms with Crippen LogP contribution >= 0.6 is 23.2 Å². The van der Waals surface area contributed by atoms with Gasteiger partial charge in [0.1, 0.15) is 5.82 Å². The van der Waals surface area contributed by atoms with E-state index in [4.69, 9.17) is 28.3 Å². The quantitative estimate of drug-likeness (QED) is 0.841. The molecular formula is C8H8Cl2FNO2S. The molecule has 1 atom stereocenters. The first-order chi connectivity index (χ1) is 6.73. The molecular weight excluding hydrogens is 264 g/mol. The number of sulfonamides is 1. The molecule has 0 radical (unpaired) electrons. The number of rotatable bonds is 2. The number of benzene rings is 1. The lowest BCUT2D eigenvalue weighted by molar-refractivity contribution is 0.586. The summed E-state index contributed by atoms with van der Waals surface area (Å²) in [4.78, 5) is 0. The third-order valence-corrected chi connectivity index (χ3v) is 3.83. The first-order valence-corrected chi connectivity index (χ1v) is 6.26. The second-order valence-corrected chi connectivity index (χ2v) is 5.72. The van der Waals surface area contributed by atoms with Crippen molar-refractivity contribution in [2.45, 2.75) is 12.2 Å². The molecule has 1 aromatic carbocycles. The van der Waals surface area contributed by atoms with Crippen molar-refractivity contribution in [3.05, 3.63) is 33.6 Å². The Morgan fingerprint density at radius 3 is 2.33 bits per heavy atom. The monoisotopic (exact) mass is 271 g/mol. The predicted octanol–water partition coefficient (Wildman–Crippen LogP) is 2.48. The van der Waals surface area contributed by atoms with E-state index in [1.807, 2.05) is 0 Å². The lowest BCUT2D eigenvalue weighted by atomic mass is 10.1. The highest BCUT2D eigenvalue weighted by Gasteiger charge is 2.22. The molecule has 7 heteroatoms. The Hall–Kier alpha value is -0.360. The number of nitrogens with two attached hydrogens (primary N) is 1. The highest BCUT2D eigenvalue weighted by atomic mass is 35.5. The number of hydrogen-bond donors (Lipinski definition) is 1. The topological polar surface area (TPSA) is 60.2 Å². The number of primary sulfonamides is 1. The maximum Gasteiger partial charge on any atom is 0.215 e. The van der Waals surface area contributed by atoms with Gasteiger partial charge in [-0.05, 0) is 24.6 Å². The standard InChI is InChI=1S/C8H8Cl2FNO2S/c1-4(15(12,13)14)5-2-8(11)7(10)3-6(5)9/h2-4H,1H3,(H2,12,13,14). The third-order valence-electron chi connectivity index (χ3n) is 1.97. The Labute approximate surface area is 97.0 Å². The van der Waals surface area contributed by atoms with E-state index in [2.05, 4.69) is 0 Å². The van der Waals surface area contributed by atoms with Gasteiger partial charge in [-0.1, -0.05) is 23.2 Å². The van der Waals surface area contributed by atoms with Gasteiger partial charge in [-0.25, -0.2) is 17.9 Å². The lowest BCUT2D eigenvalue weighted by Gasteiger charge is -2.11. The van der Waals surface area contributed by atoms with E-state index in [-0.39, 0.29) is 15.6 Å². The summed E-state index contributed by atoms with van der Waals surface area (Å²) in [6.45, 7) is 1.32. The molecule has 0 aliphatic carbocycles. The molecule has 0 saturated heterocycles. The average molecular weight is 272 g/mol. The van der Waals surface area contributed by atoms with Crippen LogP contribution in [0.3, 0.4) is 0 Å². The summed E-state index contributed by atoms with van der Waals surface area (Å²) >= 11 is 11.2. The first kappa shape index (κ1) is 12.7. The highest BCUT2D eigenvalue weighted by molar-refractivity contribution is 7.89. The molecule has 0 heterocycles. The zero-order valence-electron chi connectivity index (χ0n) is 7.67. The van der Waals surface area contributed by atoms with Gasteiger partial charge in [0.15, 0.2) is 0 Å². The van der Waals surface area contributed by atoms with Crippen LogP contribution in [0, 0.1) is 5.82 Å². The molecule has 84 valence electrons. The van der Waals surface area contributed by atoms with Gasteiger partial charge < -0.3 is 0 Å². The van der Waals surface area contributed by atoms with Crippen LogP contribution in [0.2, 0.25) is 10.0 Å². The van der Waals surface area contributed by atoms with Crippen molar-refractivity contribution >= 4 is 33.2 Å². The molecule has 0 aliphatic heterocycles. The molecule has 15 heavy (non-hydrogen) atoms. The molecule has 0 fully saturated rings. The van der Waals surface area contributed by atoms with Gasteiger partial charge in [-0.2, -0.15) is 0 Å². The van der Waals surface area contributed by atoms with Crippen molar-refractivity contribution in [1.82, 2.24) is 0 Å². The minimum Gasteiger partial charge on any atom is -0.228 e. The fraction of sp³-hybridized carbons (Fsp3) is 0.250. The zero-order chi connectivity index (χ0) is 11.8. The molecule has 2 N–H and O–H groups in total. The van der Waals surface area contributed by atoms with Gasteiger partial charge in [-0.15, -0.1) is 0 Å². The van der Waals surface area contributed by atoms with E-state index >= 15 is 0 Å². The minimum atomic E-state index is -3.80. The Morgan fingerprint density at radius 2 is 1.87 bits per heavy atom. The summed E-state index contributed by atoms with van der Waals surface area (Å²) in [5.74, 6) is -0.730. The van der Waals surface area contributed by atoms with Crippen LogP contribution < -0.4 is 5.14 Å². The molecule has 0 spiro atoms. The number of halogens is 3. The summed E-state index contributed by atoms with van der Waals surface area (Å²) in [7, 11) is -3.80. The van der Waals surface area contributed by atoms with Crippen LogP contribution in [-0.2, 0) is 10.0 Å². The maximum absolute atomic E-state index is 13.1. The fourth-order valence-corrected chi connectivity index (χ4v) is 2.19. The second-order valence-electron chi connectivity index (χ2n) is 3.02. The van der Waals surface area contributed by atoms with Gasteiger partial charge in [0.2, 0.25) is 10.0 Å². The van der Waals surface area contributed by atoms with Crippen molar-refractivity contribution in [2.75, 3.05) is 0 Å². The summed E-state index contributed by atoms with van der Waals surface area (Å²) in [5.41, 5.74) is 0.0982. The van der Waals surface area contributed by atoms with E-state index in [9.17, 15) is 12.8 Å². The molecule has 1 rings (SSSR count). The SMILES string of the molecule is CC(c1cc(F)c(Cl)cc1Cl)S(N)(=O)=O. The van der Waals surface area contributed by atoms with Gasteiger partial charge >= 0.3 is 0 Å². The molecule has 0 amide bonds. The van der Waals surface area contributed by atoms with Crippen molar-refractivity contribution in [1.29, 1.82) is 0 Å². The minimum absolute atomic E-state index is 0.0722. The van der Waals surface area contributed by atoms with E-state index < -0.39 is 21.1 Å². The van der Waals surface area contributed by atoms with Crippen molar-refractivity contribution in [3.63, 3.8) is 0 Å². The van der Waals surface area contributed by atoms with Crippen LogP contribution in [0.1, 0.15) is 17.7 Å². The molecule has 1 aromatic rings. The fourth-order valence-electron chi connectivity index (χ4n) is 1.03. The molecule has 0 aliphatic rings. The zero-order valence-corrected chi connectivity index (χ0v) is 10.00. The van der Waals surface area contributed by atoms with Crippen molar-refractivity contribution in [3.8, 4) is 0 Å². The van der Waals surface area contributed by atoms with Crippen LogP contribution in [0.5, 0.6) is 0 Å². The molecule has 0 aromatic heterocycles. The van der Waals surface area contributed by atoms with Gasteiger partial charge in [0.25, 0.3) is 0 Å². The summed E-state index contributed by atoms with van der Waals surface area (Å²) in [6, 6.07) is 2.12. The summed E-state index contributed by atoms with van der Waals surface area (Å²) < 4.78 is 35.2. The van der Waals surface area contributed by atoms with E-state index in [1.165, 1.54) is 6.92 Å². The molecule has 0 saturated carbocycles. The van der Waals surface area contributed by atoms with Gasteiger partial charge in [0.05, 0.1) is 10.3 Å². The number of hydrogen-bond acceptors (Lipinski definition) is 2. The lowest BCUT2D eigenvalue weighted by Crippen LogP contribution is -2.19. The largest absolute Gasteiger partial charge is 0.228 e. The van der Waals surface area contributed by atoms with Crippen LogP contribution in [0.25, 0.3) is 0 Å². The highest BCUT2D eigenvalue weighted by Crippen LogP contribution is 2.31. The van der Waals surface area contributed by atoms with E-state index in [1.54, 1.807) is 0 Å². The Bertz CT molecular complexity index is 490. The average Bonchev–Trinajstić information content (AvgIpc) is 2.08. The summed E-state index contributed by atoms with van der Waals surface area (Å²) in [5, 5.41) is 3.76. The molecule has 1 unspecified atom stereocenters. The van der Waals surface area contributed by atoms with Crippen LogP contribution in [-0.4, -0.2) is 8.42 Å². The molecule has 3 nitrogen and oxygen atoms in total. The van der Waals surface area contributed by atoms with Gasteiger partial charge in [-0.3, -0.25) is 0 Å². The van der Waals surface area contributed by atoms with Crippen molar-refractivity contribution < 1.29 is 12.8 Å². The molecule has 0 bridgehead atoms. The normalized spacial score (nSPS) is 13.9. The van der Waals surface area contributed by atoms with Crippen molar-refractivity contribution in [2.24, 2.45) is 5.14 Å². The predicted molar refractivity (Wildman–Crippen MR) is 57.9 cm³/mol.